The van der Waals surface area contributed by atoms with Crippen molar-refractivity contribution in [1.82, 2.24) is 9.88 Å². The van der Waals surface area contributed by atoms with Crippen molar-refractivity contribution in [3.8, 4) is 0 Å². The maximum atomic E-state index is 12.6. The number of carbonyl (C=O) groups excluding carboxylic acids is 1. The number of carbonyl (C=O) groups is 2. The van der Waals surface area contributed by atoms with Gasteiger partial charge >= 0.3 is 5.97 Å². The number of rotatable bonds is 3. The predicted octanol–water partition coefficient (Wildman–Crippen LogP) is 0.448. The van der Waals surface area contributed by atoms with E-state index in [1.807, 2.05) is 18.2 Å². The van der Waals surface area contributed by atoms with Crippen LogP contribution in [0.2, 0.25) is 0 Å². The normalized spacial score (nSPS) is 36.3. The zero-order valence-electron chi connectivity index (χ0n) is 11.2. The van der Waals surface area contributed by atoms with E-state index in [4.69, 9.17) is 4.74 Å². The molecule has 1 aromatic heterocycles. The molecule has 0 aromatic carbocycles. The van der Waals surface area contributed by atoms with Crippen molar-refractivity contribution in [2.45, 2.75) is 18.2 Å². The highest BCUT2D eigenvalue weighted by Gasteiger charge is 2.66. The van der Waals surface area contributed by atoms with Crippen LogP contribution in [0, 0.1) is 11.8 Å². The molecule has 2 saturated heterocycles. The van der Waals surface area contributed by atoms with Crippen LogP contribution in [0.15, 0.2) is 36.7 Å². The fourth-order valence-electron chi connectivity index (χ4n) is 3.71. The van der Waals surface area contributed by atoms with E-state index in [2.05, 4.69) is 4.98 Å². The molecule has 1 aromatic rings. The first-order chi connectivity index (χ1) is 10.1. The number of likely N-dealkylation sites (tertiary alicyclic amines) is 1. The van der Waals surface area contributed by atoms with Crippen LogP contribution in [0.1, 0.15) is 5.56 Å². The molecule has 1 N–H and O–H groups in total. The average Bonchev–Trinajstić information content (AvgIpc) is 3.09. The number of hydrogen-bond donors (Lipinski definition) is 1. The third kappa shape index (κ3) is 1.65. The van der Waals surface area contributed by atoms with Gasteiger partial charge in [0.2, 0.25) is 5.91 Å². The monoisotopic (exact) mass is 286 g/mol. The molecule has 2 bridgehead atoms. The minimum Gasteiger partial charge on any atom is -0.481 e. The zero-order valence-corrected chi connectivity index (χ0v) is 11.2. The molecule has 108 valence electrons. The van der Waals surface area contributed by atoms with Crippen LogP contribution in [-0.2, 0) is 20.9 Å². The number of aliphatic carboxylic acids is 1. The minimum absolute atomic E-state index is 0.141. The Labute approximate surface area is 121 Å². The van der Waals surface area contributed by atoms with Crippen molar-refractivity contribution in [3.63, 3.8) is 0 Å². The summed E-state index contributed by atoms with van der Waals surface area (Å²) in [6, 6.07) is 3.71. The third-order valence-electron chi connectivity index (χ3n) is 4.56. The highest BCUT2D eigenvalue weighted by Crippen LogP contribution is 2.52. The number of carboxylic acid groups (broad SMARTS) is 1. The maximum absolute atomic E-state index is 12.6. The van der Waals surface area contributed by atoms with Crippen molar-refractivity contribution in [3.05, 3.63) is 42.2 Å². The molecular weight excluding hydrogens is 272 g/mol. The Morgan fingerprint density at radius 3 is 3.14 bits per heavy atom. The summed E-state index contributed by atoms with van der Waals surface area (Å²) in [4.78, 5) is 29.8. The number of aromatic nitrogens is 1. The van der Waals surface area contributed by atoms with Crippen LogP contribution in [0.4, 0.5) is 0 Å². The zero-order chi connectivity index (χ0) is 14.6. The number of amides is 1. The van der Waals surface area contributed by atoms with Gasteiger partial charge in [-0.15, -0.1) is 0 Å². The highest BCUT2D eigenvalue weighted by atomic mass is 16.5. The van der Waals surface area contributed by atoms with Gasteiger partial charge in [-0.05, 0) is 11.6 Å². The van der Waals surface area contributed by atoms with Gasteiger partial charge in [0.15, 0.2) is 0 Å². The molecule has 6 nitrogen and oxygen atoms in total. The van der Waals surface area contributed by atoms with Crippen LogP contribution in [-0.4, -0.2) is 45.1 Å². The molecule has 3 aliphatic rings. The van der Waals surface area contributed by atoms with Gasteiger partial charge in [0.1, 0.15) is 11.5 Å². The van der Waals surface area contributed by atoms with Crippen molar-refractivity contribution < 1.29 is 19.4 Å². The highest BCUT2D eigenvalue weighted by molar-refractivity contribution is 5.90. The van der Waals surface area contributed by atoms with Crippen molar-refractivity contribution in [2.24, 2.45) is 11.8 Å². The number of hydrogen-bond acceptors (Lipinski definition) is 4. The summed E-state index contributed by atoms with van der Waals surface area (Å²) < 4.78 is 5.83. The first-order valence-corrected chi connectivity index (χ1v) is 6.88. The van der Waals surface area contributed by atoms with Crippen LogP contribution >= 0.6 is 0 Å². The summed E-state index contributed by atoms with van der Waals surface area (Å²) in [7, 11) is 0. The van der Waals surface area contributed by atoms with E-state index in [-0.39, 0.29) is 5.91 Å². The molecule has 0 saturated carbocycles. The number of fused-ring (bicyclic) bond motifs is 1. The summed E-state index contributed by atoms with van der Waals surface area (Å²) in [6.45, 7) is 0.835. The van der Waals surface area contributed by atoms with E-state index in [0.29, 0.717) is 13.1 Å². The molecule has 1 amide bonds. The van der Waals surface area contributed by atoms with E-state index in [0.717, 1.165) is 5.56 Å². The summed E-state index contributed by atoms with van der Waals surface area (Å²) in [6.07, 6.45) is 6.55. The lowest BCUT2D eigenvalue weighted by atomic mass is 9.77. The SMILES string of the molecule is O=C(O)[C@H]1[C@@H]2C=C[C@]3(CN(Cc4cccnc4)C(=O)[C@@H]13)O2. The predicted molar refractivity (Wildman–Crippen MR) is 71.0 cm³/mol. The van der Waals surface area contributed by atoms with Gasteiger partial charge in [-0.2, -0.15) is 0 Å². The second-order valence-corrected chi connectivity index (χ2v) is 5.79. The Hall–Kier alpha value is -2.21. The first-order valence-electron chi connectivity index (χ1n) is 6.88. The second-order valence-electron chi connectivity index (χ2n) is 5.79. The number of pyridine rings is 1. The van der Waals surface area contributed by atoms with Crippen LogP contribution in [0.25, 0.3) is 0 Å². The molecule has 0 aliphatic carbocycles. The van der Waals surface area contributed by atoms with E-state index in [9.17, 15) is 14.7 Å². The number of nitrogens with zero attached hydrogens (tertiary/aromatic N) is 2. The lowest BCUT2D eigenvalue weighted by molar-refractivity contribution is -0.148. The maximum Gasteiger partial charge on any atom is 0.310 e. The van der Waals surface area contributed by atoms with Gasteiger partial charge in [0.05, 0.1) is 18.6 Å². The van der Waals surface area contributed by atoms with Gasteiger partial charge in [0, 0.05) is 18.9 Å². The molecular formula is C15H14N2O4. The molecule has 0 unspecified atom stereocenters. The Bertz CT molecular complexity index is 644. The smallest absolute Gasteiger partial charge is 0.310 e. The molecule has 4 atom stereocenters. The molecule has 6 heteroatoms. The van der Waals surface area contributed by atoms with Crippen LogP contribution in [0.5, 0.6) is 0 Å². The summed E-state index contributed by atoms with van der Waals surface area (Å²) >= 11 is 0. The first kappa shape index (κ1) is 12.5. The van der Waals surface area contributed by atoms with Gasteiger partial charge in [-0.3, -0.25) is 14.6 Å². The van der Waals surface area contributed by atoms with Gasteiger partial charge in [-0.25, -0.2) is 0 Å². The lowest BCUT2D eigenvalue weighted by Crippen LogP contribution is -2.39. The second kappa shape index (κ2) is 4.14. The lowest BCUT2D eigenvalue weighted by Gasteiger charge is -2.21. The third-order valence-corrected chi connectivity index (χ3v) is 4.56. The van der Waals surface area contributed by atoms with Crippen LogP contribution in [0.3, 0.4) is 0 Å². The average molecular weight is 286 g/mol. The summed E-state index contributed by atoms with van der Waals surface area (Å²) in [5.74, 6) is -2.49. The molecule has 0 radical (unpaired) electrons. The molecule has 1 spiro atoms. The fourth-order valence-corrected chi connectivity index (χ4v) is 3.71. The minimum atomic E-state index is -0.965. The molecule has 4 rings (SSSR count). The molecule has 21 heavy (non-hydrogen) atoms. The molecule has 3 aliphatic heterocycles. The van der Waals surface area contributed by atoms with E-state index >= 15 is 0 Å². The van der Waals surface area contributed by atoms with Crippen LogP contribution < -0.4 is 0 Å². The van der Waals surface area contributed by atoms with E-state index in [1.165, 1.54) is 0 Å². The molecule has 4 heterocycles. The van der Waals surface area contributed by atoms with E-state index < -0.39 is 29.5 Å². The van der Waals surface area contributed by atoms with Crippen molar-refractivity contribution in [2.75, 3.05) is 6.54 Å². The largest absolute Gasteiger partial charge is 0.481 e. The Morgan fingerprint density at radius 1 is 1.57 bits per heavy atom. The Morgan fingerprint density at radius 2 is 2.43 bits per heavy atom. The quantitative estimate of drug-likeness (QED) is 0.816. The number of carboxylic acids is 1. The Balaban J connectivity index is 1.63. The Kier molecular flexibility index (Phi) is 2.47. The fraction of sp³-hybridized carbons (Fsp3) is 0.400. The number of ether oxygens (including phenoxy) is 1. The summed E-state index contributed by atoms with van der Waals surface area (Å²) in [5.41, 5.74) is 0.167. The van der Waals surface area contributed by atoms with Crippen molar-refractivity contribution in [1.29, 1.82) is 0 Å². The van der Waals surface area contributed by atoms with Gasteiger partial charge in [0.25, 0.3) is 0 Å². The van der Waals surface area contributed by atoms with Gasteiger partial charge in [-0.1, -0.05) is 18.2 Å². The standard InChI is InChI=1S/C15H14N2O4/c18-13-12-11(14(19)20)10-3-4-15(12,21-10)8-17(13)7-9-2-1-5-16-6-9/h1-6,10-12H,7-8H2,(H,19,20)/t10-,11-,12+,15+/m0/s1. The van der Waals surface area contributed by atoms with E-state index in [1.54, 1.807) is 23.4 Å². The van der Waals surface area contributed by atoms with Gasteiger partial charge < -0.3 is 14.7 Å². The molecule has 2 fully saturated rings. The summed E-state index contributed by atoms with van der Waals surface area (Å²) in [5, 5.41) is 9.38. The van der Waals surface area contributed by atoms with Crippen molar-refractivity contribution >= 4 is 11.9 Å². The topological polar surface area (TPSA) is 79.7 Å².